The summed E-state index contributed by atoms with van der Waals surface area (Å²) in [5.74, 6) is 1.21. The molecule has 0 radical (unpaired) electrons. The van der Waals surface area contributed by atoms with Crippen molar-refractivity contribution < 1.29 is 14.3 Å². The summed E-state index contributed by atoms with van der Waals surface area (Å²) in [6.45, 7) is 3.04. The summed E-state index contributed by atoms with van der Waals surface area (Å²) in [6.07, 6.45) is 4.00. The maximum absolute atomic E-state index is 12.7. The molecule has 3 rings (SSSR count). The van der Waals surface area contributed by atoms with Crippen LogP contribution >= 0.6 is 0 Å². The Morgan fingerprint density at radius 3 is 2.72 bits per heavy atom. The molecule has 0 aromatic heterocycles. The monoisotopic (exact) mass is 345 g/mol. The molecule has 1 aromatic rings. The van der Waals surface area contributed by atoms with Crippen LogP contribution in [0.25, 0.3) is 0 Å². The van der Waals surface area contributed by atoms with E-state index >= 15 is 0 Å². The summed E-state index contributed by atoms with van der Waals surface area (Å²) < 4.78 is 5.14. The molecule has 2 amide bonds. The summed E-state index contributed by atoms with van der Waals surface area (Å²) in [7, 11) is 1.61. The standard InChI is InChI=1S/C19H27N3O3/c1-25-16-8-6-15(7-9-16)19(24)22-11-3-4-14(13-22)12-21-18(23)17-5-2-10-20-17/h6-9,14,17,20H,2-5,10-13H2,1H3,(H,21,23). The van der Waals surface area contributed by atoms with Crippen molar-refractivity contribution in [1.82, 2.24) is 15.5 Å². The van der Waals surface area contributed by atoms with Gasteiger partial charge >= 0.3 is 0 Å². The number of hydrogen-bond donors (Lipinski definition) is 2. The molecule has 2 fully saturated rings. The van der Waals surface area contributed by atoms with Crippen LogP contribution in [-0.4, -0.2) is 56.0 Å². The fourth-order valence-electron chi connectivity index (χ4n) is 3.61. The van der Waals surface area contributed by atoms with Gasteiger partial charge in [-0.25, -0.2) is 0 Å². The molecular formula is C19H27N3O3. The van der Waals surface area contributed by atoms with Crippen LogP contribution < -0.4 is 15.4 Å². The third-order valence-corrected chi connectivity index (χ3v) is 5.08. The molecule has 2 unspecified atom stereocenters. The topological polar surface area (TPSA) is 70.7 Å². The van der Waals surface area contributed by atoms with Gasteiger partial charge in [0, 0.05) is 25.2 Å². The van der Waals surface area contributed by atoms with Gasteiger partial charge in [0.2, 0.25) is 5.91 Å². The Morgan fingerprint density at radius 1 is 1.24 bits per heavy atom. The summed E-state index contributed by atoms with van der Waals surface area (Å²) in [5, 5.41) is 6.27. The van der Waals surface area contributed by atoms with Crippen LogP contribution in [0.4, 0.5) is 0 Å². The molecule has 2 aliphatic heterocycles. The number of rotatable bonds is 5. The van der Waals surface area contributed by atoms with E-state index in [4.69, 9.17) is 4.74 Å². The molecule has 2 saturated heterocycles. The van der Waals surface area contributed by atoms with E-state index in [0.29, 0.717) is 24.6 Å². The van der Waals surface area contributed by atoms with Crippen LogP contribution in [-0.2, 0) is 4.79 Å². The molecule has 136 valence electrons. The first kappa shape index (κ1) is 17.7. The molecule has 0 aliphatic carbocycles. The zero-order valence-corrected chi connectivity index (χ0v) is 14.8. The third kappa shape index (κ3) is 4.51. The lowest BCUT2D eigenvalue weighted by Gasteiger charge is -2.33. The fourth-order valence-corrected chi connectivity index (χ4v) is 3.61. The molecule has 6 nitrogen and oxygen atoms in total. The van der Waals surface area contributed by atoms with Crippen LogP contribution in [0.1, 0.15) is 36.0 Å². The Hall–Kier alpha value is -2.08. The number of piperidine rings is 1. The lowest BCUT2D eigenvalue weighted by Crippen LogP contribution is -2.46. The van der Waals surface area contributed by atoms with Gasteiger partial charge in [0.05, 0.1) is 13.2 Å². The first-order valence-electron chi connectivity index (χ1n) is 9.12. The Kier molecular flexibility index (Phi) is 5.91. The molecule has 2 atom stereocenters. The molecule has 6 heteroatoms. The maximum atomic E-state index is 12.7. The zero-order valence-electron chi connectivity index (χ0n) is 14.8. The highest BCUT2D eigenvalue weighted by atomic mass is 16.5. The van der Waals surface area contributed by atoms with Gasteiger partial charge in [0.1, 0.15) is 5.75 Å². The van der Waals surface area contributed by atoms with E-state index < -0.39 is 0 Å². The van der Waals surface area contributed by atoms with Gasteiger partial charge in [0.25, 0.3) is 5.91 Å². The molecule has 0 saturated carbocycles. The van der Waals surface area contributed by atoms with E-state index in [9.17, 15) is 9.59 Å². The van der Waals surface area contributed by atoms with Crippen LogP contribution in [0.2, 0.25) is 0 Å². The predicted octanol–water partition coefficient (Wildman–Crippen LogP) is 1.42. The molecule has 2 aliphatic rings. The third-order valence-electron chi connectivity index (χ3n) is 5.08. The van der Waals surface area contributed by atoms with E-state index in [1.165, 1.54) is 0 Å². The van der Waals surface area contributed by atoms with Gasteiger partial charge in [-0.2, -0.15) is 0 Å². The van der Waals surface area contributed by atoms with Gasteiger partial charge in [-0.05, 0) is 62.4 Å². The van der Waals surface area contributed by atoms with Crippen molar-refractivity contribution in [3.63, 3.8) is 0 Å². The lowest BCUT2D eigenvalue weighted by atomic mass is 9.97. The predicted molar refractivity (Wildman–Crippen MR) is 95.7 cm³/mol. The number of ether oxygens (including phenoxy) is 1. The van der Waals surface area contributed by atoms with Gasteiger partial charge in [-0.15, -0.1) is 0 Å². The van der Waals surface area contributed by atoms with E-state index in [2.05, 4.69) is 10.6 Å². The SMILES string of the molecule is COc1ccc(C(=O)N2CCCC(CNC(=O)C3CCCN3)C2)cc1. The summed E-state index contributed by atoms with van der Waals surface area (Å²) in [6, 6.07) is 7.18. The number of nitrogens with zero attached hydrogens (tertiary/aromatic N) is 1. The second kappa shape index (κ2) is 8.34. The minimum absolute atomic E-state index is 0.0411. The highest BCUT2D eigenvalue weighted by molar-refractivity contribution is 5.94. The average Bonchev–Trinajstić information content (AvgIpc) is 3.21. The number of carbonyl (C=O) groups is 2. The van der Waals surface area contributed by atoms with Crippen LogP contribution in [0.15, 0.2) is 24.3 Å². The van der Waals surface area contributed by atoms with Crippen molar-refractivity contribution in [2.24, 2.45) is 5.92 Å². The van der Waals surface area contributed by atoms with E-state index in [1.807, 2.05) is 17.0 Å². The maximum Gasteiger partial charge on any atom is 0.253 e. The van der Waals surface area contributed by atoms with Crippen LogP contribution in [0, 0.1) is 5.92 Å². The van der Waals surface area contributed by atoms with Crippen molar-refractivity contribution in [3.05, 3.63) is 29.8 Å². The number of likely N-dealkylation sites (tertiary alicyclic amines) is 1. The fraction of sp³-hybridized carbons (Fsp3) is 0.579. The highest BCUT2D eigenvalue weighted by Gasteiger charge is 2.26. The number of amides is 2. The lowest BCUT2D eigenvalue weighted by molar-refractivity contribution is -0.123. The smallest absolute Gasteiger partial charge is 0.253 e. The molecule has 2 heterocycles. The van der Waals surface area contributed by atoms with Crippen LogP contribution in [0.3, 0.4) is 0 Å². The van der Waals surface area contributed by atoms with E-state index in [-0.39, 0.29) is 17.9 Å². The molecule has 1 aromatic carbocycles. The Morgan fingerprint density at radius 2 is 2.04 bits per heavy atom. The Balaban J connectivity index is 1.51. The summed E-state index contributed by atoms with van der Waals surface area (Å²) in [4.78, 5) is 26.7. The van der Waals surface area contributed by atoms with Crippen molar-refractivity contribution in [2.75, 3.05) is 33.3 Å². The molecular weight excluding hydrogens is 318 g/mol. The van der Waals surface area contributed by atoms with Gasteiger partial charge in [0.15, 0.2) is 0 Å². The molecule has 2 N–H and O–H groups in total. The number of benzene rings is 1. The van der Waals surface area contributed by atoms with E-state index in [1.54, 1.807) is 19.2 Å². The molecule has 25 heavy (non-hydrogen) atoms. The number of hydrogen-bond acceptors (Lipinski definition) is 4. The van der Waals surface area contributed by atoms with Gasteiger partial charge in [-0.3, -0.25) is 9.59 Å². The van der Waals surface area contributed by atoms with E-state index in [0.717, 1.165) is 44.5 Å². The minimum Gasteiger partial charge on any atom is -0.497 e. The van der Waals surface area contributed by atoms with Gasteiger partial charge in [-0.1, -0.05) is 0 Å². The minimum atomic E-state index is -0.0411. The van der Waals surface area contributed by atoms with Crippen molar-refractivity contribution in [1.29, 1.82) is 0 Å². The van der Waals surface area contributed by atoms with Crippen molar-refractivity contribution in [3.8, 4) is 5.75 Å². The van der Waals surface area contributed by atoms with Crippen molar-refractivity contribution in [2.45, 2.75) is 31.7 Å². The quantitative estimate of drug-likeness (QED) is 0.847. The summed E-state index contributed by atoms with van der Waals surface area (Å²) >= 11 is 0. The molecule has 0 spiro atoms. The number of nitrogens with one attached hydrogen (secondary N) is 2. The summed E-state index contributed by atoms with van der Waals surface area (Å²) in [5.41, 5.74) is 0.681. The van der Waals surface area contributed by atoms with Crippen LogP contribution in [0.5, 0.6) is 5.75 Å². The van der Waals surface area contributed by atoms with Crippen molar-refractivity contribution >= 4 is 11.8 Å². The Bertz CT molecular complexity index is 596. The largest absolute Gasteiger partial charge is 0.497 e. The average molecular weight is 345 g/mol. The first-order chi connectivity index (χ1) is 12.2. The first-order valence-corrected chi connectivity index (χ1v) is 9.12. The van der Waals surface area contributed by atoms with Gasteiger partial charge < -0.3 is 20.3 Å². The number of methoxy groups -OCH3 is 1. The Labute approximate surface area is 148 Å². The highest BCUT2D eigenvalue weighted by Crippen LogP contribution is 2.20. The number of carbonyl (C=O) groups excluding carboxylic acids is 2. The second-order valence-electron chi connectivity index (χ2n) is 6.88. The normalized spacial score (nSPS) is 23.3. The second-order valence-corrected chi connectivity index (χ2v) is 6.88. The zero-order chi connectivity index (χ0) is 17.6. The molecule has 0 bridgehead atoms.